The molecule has 0 unspecified atom stereocenters. The summed E-state index contributed by atoms with van der Waals surface area (Å²) >= 11 is 0. The van der Waals surface area contributed by atoms with Gasteiger partial charge in [0, 0.05) is 26.2 Å². The molecule has 182 valence electrons. The molecule has 1 saturated heterocycles. The van der Waals surface area contributed by atoms with Gasteiger partial charge in [0.2, 0.25) is 15.7 Å². The molecule has 9 nitrogen and oxygen atoms in total. The number of furan rings is 1. The molecule has 0 radical (unpaired) electrons. The number of benzene rings is 1. The number of piperazine rings is 1. The number of carbonyl (C=O) groups excluding carboxylic acids is 1. The third-order valence-corrected chi connectivity index (χ3v) is 8.54. The first-order valence-electron chi connectivity index (χ1n) is 11.2. The van der Waals surface area contributed by atoms with E-state index in [1.807, 2.05) is 26.0 Å². The summed E-state index contributed by atoms with van der Waals surface area (Å²) in [5, 5.41) is 0.116. The summed E-state index contributed by atoms with van der Waals surface area (Å²) in [6, 6.07) is 3.88. The second-order valence-electron chi connectivity index (χ2n) is 9.83. The van der Waals surface area contributed by atoms with Crippen molar-refractivity contribution in [3.05, 3.63) is 56.8 Å². The Bertz CT molecular complexity index is 1420. The van der Waals surface area contributed by atoms with Gasteiger partial charge in [0.1, 0.15) is 11.1 Å². The Morgan fingerprint density at radius 3 is 2.21 bits per heavy atom. The Hall–Kier alpha value is -2.98. The summed E-state index contributed by atoms with van der Waals surface area (Å²) in [7, 11) is -3.73. The first-order chi connectivity index (χ1) is 15.8. The third-order valence-electron chi connectivity index (χ3n) is 6.33. The van der Waals surface area contributed by atoms with Crippen LogP contribution >= 0.6 is 0 Å². The van der Waals surface area contributed by atoms with Gasteiger partial charge in [-0.3, -0.25) is 9.59 Å². The highest BCUT2D eigenvalue weighted by atomic mass is 32.2. The van der Waals surface area contributed by atoms with Gasteiger partial charge < -0.3 is 14.3 Å². The maximum absolute atomic E-state index is 13.5. The number of aryl methyl sites for hydroxylation is 3. The maximum Gasteiger partial charge on any atom is 0.262 e. The SMILES string of the molecule is Cc1cc(C(C)(C)C)cc(C)c1S(=O)(=O)N1CCN(C(=O)c2c(C)oc3nc[nH]c(=O)c23)CC1. The number of nitrogens with one attached hydrogen (secondary N) is 1. The van der Waals surface area contributed by atoms with E-state index in [1.54, 1.807) is 11.8 Å². The number of amides is 1. The van der Waals surface area contributed by atoms with Crippen LogP contribution in [0.1, 0.15) is 53.6 Å². The molecule has 0 saturated carbocycles. The summed E-state index contributed by atoms with van der Waals surface area (Å²) in [4.78, 5) is 33.8. The quantitative estimate of drug-likeness (QED) is 0.608. The van der Waals surface area contributed by atoms with E-state index >= 15 is 0 Å². The number of rotatable bonds is 3. The molecule has 34 heavy (non-hydrogen) atoms. The van der Waals surface area contributed by atoms with E-state index < -0.39 is 15.6 Å². The second-order valence-corrected chi connectivity index (χ2v) is 11.7. The molecule has 1 fully saturated rings. The molecule has 4 rings (SSSR count). The van der Waals surface area contributed by atoms with Crippen LogP contribution in [-0.2, 0) is 15.4 Å². The van der Waals surface area contributed by atoms with Crippen LogP contribution in [0, 0.1) is 20.8 Å². The molecule has 0 bridgehead atoms. The molecule has 1 aromatic carbocycles. The first-order valence-corrected chi connectivity index (χ1v) is 12.6. The Morgan fingerprint density at radius 2 is 1.65 bits per heavy atom. The van der Waals surface area contributed by atoms with Gasteiger partial charge in [-0.1, -0.05) is 32.9 Å². The molecule has 1 aliphatic heterocycles. The molecule has 0 atom stereocenters. The zero-order valence-corrected chi connectivity index (χ0v) is 21.2. The normalized spacial score (nSPS) is 15.8. The van der Waals surface area contributed by atoms with Crippen LogP contribution < -0.4 is 5.56 Å². The van der Waals surface area contributed by atoms with Crippen molar-refractivity contribution in [2.24, 2.45) is 0 Å². The smallest absolute Gasteiger partial charge is 0.262 e. The van der Waals surface area contributed by atoms with E-state index in [0.717, 1.165) is 16.7 Å². The number of hydrogen-bond acceptors (Lipinski definition) is 6. The van der Waals surface area contributed by atoms with Gasteiger partial charge in [-0.05, 0) is 42.9 Å². The number of hydrogen-bond donors (Lipinski definition) is 1. The lowest BCUT2D eigenvalue weighted by Gasteiger charge is -2.34. The van der Waals surface area contributed by atoms with E-state index in [9.17, 15) is 18.0 Å². The Kier molecular flexibility index (Phi) is 5.93. The summed E-state index contributed by atoms with van der Waals surface area (Å²) in [6.45, 7) is 12.3. The largest absolute Gasteiger partial charge is 0.442 e. The van der Waals surface area contributed by atoms with Gasteiger partial charge in [0.25, 0.3) is 11.5 Å². The van der Waals surface area contributed by atoms with Gasteiger partial charge in [-0.15, -0.1) is 0 Å². The highest BCUT2D eigenvalue weighted by molar-refractivity contribution is 7.89. The first kappa shape index (κ1) is 24.2. The number of fused-ring (bicyclic) bond motifs is 1. The summed E-state index contributed by atoms with van der Waals surface area (Å²) in [6.07, 6.45) is 1.23. The van der Waals surface area contributed by atoms with Crippen LogP contribution in [0.5, 0.6) is 0 Å². The minimum atomic E-state index is -3.73. The molecule has 1 aliphatic rings. The summed E-state index contributed by atoms with van der Waals surface area (Å²) in [5.74, 6) is -0.0573. The topological polar surface area (TPSA) is 117 Å². The maximum atomic E-state index is 13.5. The van der Waals surface area contributed by atoms with Crippen molar-refractivity contribution >= 4 is 27.0 Å². The van der Waals surface area contributed by atoms with Gasteiger partial charge in [-0.25, -0.2) is 13.4 Å². The molecular weight excluding hydrogens is 456 g/mol. The van der Waals surface area contributed by atoms with Crippen LogP contribution in [0.25, 0.3) is 11.1 Å². The van der Waals surface area contributed by atoms with Gasteiger partial charge in [0.15, 0.2) is 0 Å². The average Bonchev–Trinajstić information content (AvgIpc) is 3.09. The van der Waals surface area contributed by atoms with Crippen molar-refractivity contribution in [3.63, 3.8) is 0 Å². The fourth-order valence-corrected chi connectivity index (χ4v) is 6.35. The van der Waals surface area contributed by atoms with E-state index in [2.05, 4.69) is 30.7 Å². The third kappa shape index (κ3) is 4.05. The average molecular weight is 487 g/mol. The highest BCUT2D eigenvalue weighted by Gasteiger charge is 2.34. The molecule has 3 heterocycles. The van der Waals surface area contributed by atoms with Crippen molar-refractivity contribution in [2.75, 3.05) is 26.2 Å². The Balaban J connectivity index is 1.57. The van der Waals surface area contributed by atoms with E-state index in [1.165, 1.54) is 10.6 Å². The van der Waals surface area contributed by atoms with Gasteiger partial charge in [0.05, 0.1) is 16.8 Å². The number of aromatic nitrogens is 2. The fraction of sp³-hybridized carbons (Fsp3) is 0.458. The second kappa shape index (κ2) is 8.35. The van der Waals surface area contributed by atoms with Crippen molar-refractivity contribution in [3.8, 4) is 0 Å². The zero-order chi connectivity index (χ0) is 25.0. The minimum absolute atomic E-state index is 0.0869. The molecular formula is C24H30N4O5S. The monoisotopic (exact) mass is 486 g/mol. The summed E-state index contributed by atoms with van der Waals surface area (Å²) < 4.78 is 34.0. The molecule has 0 aliphatic carbocycles. The van der Waals surface area contributed by atoms with E-state index in [4.69, 9.17) is 4.42 Å². The number of aromatic amines is 1. The van der Waals surface area contributed by atoms with Crippen LogP contribution in [0.4, 0.5) is 0 Å². The number of H-pyrrole nitrogens is 1. The standard InChI is InChI=1S/C24H30N4O5S/c1-14-11-17(24(4,5)6)12-15(2)20(14)34(31,32)28-9-7-27(8-10-28)23(30)18-16(3)33-22-19(18)21(29)25-13-26-22/h11-13H,7-10H2,1-6H3,(H,25,26,29). The Labute approximate surface area is 198 Å². The summed E-state index contributed by atoms with van der Waals surface area (Å²) in [5.41, 5.74) is 2.27. The van der Waals surface area contributed by atoms with Gasteiger partial charge in [-0.2, -0.15) is 4.31 Å². The fourth-order valence-electron chi connectivity index (χ4n) is 4.52. The molecule has 10 heteroatoms. The lowest BCUT2D eigenvalue weighted by Crippen LogP contribution is -2.50. The van der Waals surface area contributed by atoms with Crippen LogP contribution in [0.2, 0.25) is 0 Å². The predicted molar refractivity (Wildman–Crippen MR) is 129 cm³/mol. The van der Waals surface area contributed by atoms with Crippen LogP contribution in [0.15, 0.2) is 32.6 Å². The van der Waals surface area contributed by atoms with Crippen molar-refractivity contribution in [2.45, 2.75) is 51.9 Å². The molecule has 3 aromatic rings. The lowest BCUT2D eigenvalue weighted by atomic mass is 9.85. The van der Waals surface area contributed by atoms with Crippen LogP contribution in [0.3, 0.4) is 0 Å². The van der Waals surface area contributed by atoms with E-state index in [0.29, 0.717) is 10.7 Å². The highest BCUT2D eigenvalue weighted by Crippen LogP contribution is 2.31. The molecule has 2 aromatic heterocycles. The van der Waals surface area contributed by atoms with Gasteiger partial charge >= 0.3 is 0 Å². The number of carbonyl (C=O) groups is 1. The molecule has 0 spiro atoms. The van der Waals surface area contributed by atoms with E-state index in [-0.39, 0.29) is 54.2 Å². The van der Waals surface area contributed by atoms with Crippen molar-refractivity contribution in [1.82, 2.24) is 19.2 Å². The van der Waals surface area contributed by atoms with Crippen molar-refractivity contribution < 1.29 is 17.6 Å². The predicted octanol–water partition coefficient (Wildman–Crippen LogP) is 2.89. The zero-order valence-electron chi connectivity index (χ0n) is 20.4. The van der Waals surface area contributed by atoms with Crippen LogP contribution in [-0.4, -0.2) is 59.7 Å². The molecule has 1 amide bonds. The molecule has 1 N–H and O–H groups in total. The number of sulfonamides is 1. The minimum Gasteiger partial charge on any atom is -0.442 e. The lowest BCUT2D eigenvalue weighted by molar-refractivity contribution is 0.0697. The Morgan fingerprint density at radius 1 is 1.06 bits per heavy atom. The van der Waals surface area contributed by atoms with Crippen molar-refractivity contribution in [1.29, 1.82) is 0 Å². The number of nitrogens with zero attached hydrogens (tertiary/aromatic N) is 3.